The Labute approximate surface area is 115 Å². The van der Waals surface area contributed by atoms with Crippen LogP contribution in [-0.4, -0.2) is 5.78 Å². The van der Waals surface area contributed by atoms with E-state index in [4.69, 9.17) is 0 Å². The Hall–Kier alpha value is -1.89. The average molecular weight is 252 g/mol. The van der Waals surface area contributed by atoms with E-state index in [0.717, 1.165) is 16.7 Å². The Bertz CT molecular complexity index is 624. The van der Waals surface area contributed by atoms with Crippen LogP contribution >= 0.6 is 0 Å². The van der Waals surface area contributed by atoms with Crippen molar-refractivity contribution in [2.45, 2.75) is 34.1 Å². The second-order valence-electron chi connectivity index (χ2n) is 5.28. The molecule has 0 saturated heterocycles. The van der Waals surface area contributed by atoms with Crippen molar-refractivity contribution < 1.29 is 4.79 Å². The molecule has 0 bridgehead atoms. The molecule has 2 rings (SSSR count). The number of benzene rings is 2. The fourth-order valence-electron chi connectivity index (χ4n) is 2.31. The topological polar surface area (TPSA) is 17.1 Å². The summed E-state index contributed by atoms with van der Waals surface area (Å²) in [6.45, 7) is 8.19. The summed E-state index contributed by atoms with van der Waals surface area (Å²) in [5.41, 5.74) is 6.63. The molecule has 1 nitrogen and oxygen atoms in total. The summed E-state index contributed by atoms with van der Waals surface area (Å²) >= 11 is 0. The van der Waals surface area contributed by atoms with Gasteiger partial charge in [-0.2, -0.15) is 0 Å². The van der Waals surface area contributed by atoms with Crippen molar-refractivity contribution in [3.05, 3.63) is 69.8 Å². The summed E-state index contributed by atoms with van der Waals surface area (Å²) in [5, 5.41) is 0. The molecule has 0 aromatic heterocycles. The van der Waals surface area contributed by atoms with Gasteiger partial charge in [-0.15, -0.1) is 0 Å². The Kier molecular flexibility index (Phi) is 3.84. The minimum Gasteiger partial charge on any atom is -0.294 e. The van der Waals surface area contributed by atoms with Gasteiger partial charge in [0.1, 0.15) is 0 Å². The van der Waals surface area contributed by atoms with E-state index in [1.807, 2.05) is 32.0 Å². The predicted octanol–water partition coefficient (Wildman–Crippen LogP) is 4.35. The summed E-state index contributed by atoms with van der Waals surface area (Å²) in [5.74, 6) is 0.204. The molecule has 19 heavy (non-hydrogen) atoms. The number of carbonyl (C=O) groups excluding carboxylic acids is 1. The van der Waals surface area contributed by atoms with Crippen LogP contribution in [0.2, 0.25) is 0 Å². The van der Waals surface area contributed by atoms with Gasteiger partial charge in [-0.1, -0.05) is 42.0 Å². The molecular weight excluding hydrogens is 232 g/mol. The fourth-order valence-corrected chi connectivity index (χ4v) is 2.31. The smallest absolute Gasteiger partial charge is 0.167 e. The number of aryl methyl sites for hydroxylation is 3. The summed E-state index contributed by atoms with van der Waals surface area (Å²) in [6.07, 6.45) is 0.484. The van der Waals surface area contributed by atoms with Gasteiger partial charge in [0.25, 0.3) is 0 Å². The molecule has 0 spiro atoms. The first-order valence-corrected chi connectivity index (χ1v) is 6.64. The molecule has 0 atom stereocenters. The third kappa shape index (κ3) is 2.93. The Morgan fingerprint density at radius 3 is 2.42 bits per heavy atom. The van der Waals surface area contributed by atoms with Crippen molar-refractivity contribution in [3.8, 4) is 0 Å². The van der Waals surface area contributed by atoms with E-state index in [2.05, 4.69) is 32.0 Å². The SMILES string of the molecule is Cc1ccc(C)c(CC(=O)c2cccc(C)c2C)c1. The zero-order valence-electron chi connectivity index (χ0n) is 12.1. The number of Topliss-reactive ketones (excluding diaryl/α,β-unsaturated/α-hetero) is 1. The Balaban J connectivity index is 2.31. The molecule has 0 aliphatic heterocycles. The first-order valence-electron chi connectivity index (χ1n) is 6.64. The first kappa shape index (κ1) is 13.5. The number of hydrogen-bond acceptors (Lipinski definition) is 1. The quantitative estimate of drug-likeness (QED) is 0.742. The number of carbonyl (C=O) groups is 1. The van der Waals surface area contributed by atoms with Gasteiger partial charge in [0, 0.05) is 12.0 Å². The summed E-state index contributed by atoms with van der Waals surface area (Å²) in [4.78, 5) is 12.5. The Morgan fingerprint density at radius 2 is 1.68 bits per heavy atom. The molecule has 0 heterocycles. The van der Waals surface area contributed by atoms with Crippen LogP contribution in [0.4, 0.5) is 0 Å². The van der Waals surface area contributed by atoms with E-state index in [0.29, 0.717) is 6.42 Å². The van der Waals surface area contributed by atoms with Gasteiger partial charge in [-0.25, -0.2) is 0 Å². The standard InChI is InChI=1S/C18H20O/c1-12-8-9-14(3)16(10-12)11-18(19)17-7-5-6-13(2)15(17)4/h5-10H,11H2,1-4H3. The minimum atomic E-state index is 0.204. The van der Waals surface area contributed by atoms with Gasteiger partial charge < -0.3 is 0 Å². The molecule has 0 aliphatic rings. The minimum absolute atomic E-state index is 0.204. The van der Waals surface area contributed by atoms with Gasteiger partial charge in [0.05, 0.1) is 0 Å². The molecular formula is C18H20O. The predicted molar refractivity (Wildman–Crippen MR) is 79.9 cm³/mol. The average Bonchev–Trinajstić information content (AvgIpc) is 2.37. The van der Waals surface area contributed by atoms with Crippen LogP contribution in [0.5, 0.6) is 0 Å². The molecule has 2 aromatic rings. The lowest BCUT2D eigenvalue weighted by Crippen LogP contribution is -2.07. The van der Waals surface area contributed by atoms with E-state index in [-0.39, 0.29) is 5.78 Å². The van der Waals surface area contributed by atoms with Crippen molar-refractivity contribution in [1.82, 2.24) is 0 Å². The highest BCUT2D eigenvalue weighted by Crippen LogP contribution is 2.18. The van der Waals surface area contributed by atoms with Crippen molar-refractivity contribution in [2.24, 2.45) is 0 Å². The van der Waals surface area contributed by atoms with Gasteiger partial charge in [0.2, 0.25) is 0 Å². The molecule has 0 amide bonds. The monoisotopic (exact) mass is 252 g/mol. The molecule has 1 heteroatoms. The molecule has 0 radical (unpaired) electrons. The lowest BCUT2D eigenvalue weighted by atomic mass is 9.94. The second kappa shape index (κ2) is 5.40. The van der Waals surface area contributed by atoms with Crippen molar-refractivity contribution in [2.75, 3.05) is 0 Å². The van der Waals surface area contributed by atoms with E-state index >= 15 is 0 Å². The molecule has 0 aliphatic carbocycles. The third-order valence-electron chi connectivity index (χ3n) is 3.76. The van der Waals surface area contributed by atoms with Gasteiger partial charge in [0.15, 0.2) is 5.78 Å². The van der Waals surface area contributed by atoms with E-state index < -0.39 is 0 Å². The third-order valence-corrected chi connectivity index (χ3v) is 3.76. The zero-order valence-corrected chi connectivity index (χ0v) is 12.1. The van der Waals surface area contributed by atoms with Crippen LogP contribution in [0.25, 0.3) is 0 Å². The van der Waals surface area contributed by atoms with Crippen LogP contribution in [0, 0.1) is 27.7 Å². The van der Waals surface area contributed by atoms with Gasteiger partial charge in [-0.3, -0.25) is 4.79 Å². The maximum atomic E-state index is 12.5. The largest absolute Gasteiger partial charge is 0.294 e. The van der Waals surface area contributed by atoms with Gasteiger partial charge >= 0.3 is 0 Å². The van der Waals surface area contributed by atoms with Crippen LogP contribution in [0.3, 0.4) is 0 Å². The van der Waals surface area contributed by atoms with E-state index in [1.165, 1.54) is 16.7 Å². The van der Waals surface area contributed by atoms with Crippen molar-refractivity contribution in [1.29, 1.82) is 0 Å². The lowest BCUT2D eigenvalue weighted by molar-refractivity contribution is 0.0992. The number of hydrogen-bond donors (Lipinski definition) is 0. The normalized spacial score (nSPS) is 10.5. The molecule has 0 unspecified atom stereocenters. The Morgan fingerprint density at radius 1 is 0.947 bits per heavy atom. The maximum Gasteiger partial charge on any atom is 0.167 e. The molecule has 0 N–H and O–H groups in total. The van der Waals surface area contributed by atoms with Crippen molar-refractivity contribution >= 4 is 5.78 Å². The highest BCUT2D eigenvalue weighted by Gasteiger charge is 2.12. The van der Waals surface area contributed by atoms with Crippen molar-refractivity contribution in [3.63, 3.8) is 0 Å². The summed E-state index contributed by atoms with van der Waals surface area (Å²) in [6, 6.07) is 12.2. The van der Waals surface area contributed by atoms with Crippen LogP contribution < -0.4 is 0 Å². The number of rotatable bonds is 3. The lowest BCUT2D eigenvalue weighted by Gasteiger charge is -2.10. The highest BCUT2D eigenvalue weighted by atomic mass is 16.1. The first-order chi connectivity index (χ1) is 8.99. The summed E-state index contributed by atoms with van der Waals surface area (Å²) in [7, 11) is 0. The molecule has 2 aromatic carbocycles. The fraction of sp³-hybridized carbons (Fsp3) is 0.278. The van der Waals surface area contributed by atoms with Crippen LogP contribution in [0.15, 0.2) is 36.4 Å². The molecule has 0 fully saturated rings. The second-order valence-corrected chi connectivity index (χ2v) is 5.28. The summed E-state index contributed by atoms with van der Waals surface area (Å²) < 4.78 is 0. The van der Waals surface area contributed by atoms with E-state index in [9.17, 15) is 4.79 Å². The van der Waals surface area contributed by atoms with Crippen LogP contribution in [-0.2, 0) is 6.42 Å². The number of ketones is 1. The van der Waals surface area contributed by atoms with E-state index in [1.54, 1.807) is 0 Å². The highest BCUT2D eigenvalue weighted by molar-refractivity contribution is 5.99. The van der Waals surface area contributed by atoms with Crippen LogP contribution in [0.1, 0.15) is 38.2 Å². The van der Waals surface area contributed by atoms with Gasteiger partial charge in [-0.05, 0) is 49.9 Å². The molecule has 98 valence electrons. The zero-order chi connectivity index (χ0) is 14.0. The molecule has 0 saturated carbocycles. The maximum absolute atomic E-state index is 12.5.